The van der Waals surface area contributed by atoms with E-state index < -0.39 is 34.3 Å². The average Bonchev–Trinajstić information content (AvgIpc) is 2.96. The van der Waals surface area contributed by atoms with Crippen molar-refractivity contribution in [1.82, 2.24) is 10.2 Å². The predicted molar refractivity (Wildman–Crippen MR) is 164 cm³/mol. The van der Waals surface area contributed by atoms with Crippen molar-refractivity contribution < 1.29 is 22.4 Å². The molecule has 0 aliphatic heterocycles. The number of anilines is 1. The molecule has 9 heteroatoms. The first-order valence-electron chi connectivity index (χ1n) is 14.5. The molecule has 0 aromatic heterocycles. The highest BCUT2D eigenvalue weighted by atomic mass is 32.2. The number of nitrogens with one attached hydrogen (secondary N) is 1. The molecule has 0 radical (unpaired) electrons. The zero-order valence-corrected chi connectivity index (χ0v) is 25.4. The van der Waals surface area contributed by atoms with Gasteiger partial charge in [0.25, 0.3) is 0 Å². The Labute approximate surface area is 248 Å². The Kier molecular flexibility index (Phi) is 10.4. The Morgan fingerprint density at radius 3 is 2.26 bits per heavy atom. The lowest BCUT2D eigenvalue weighted by atomic mass is 9.94. The second-order valence-corrected chi connectivity index (χ2v) is 13.1. The molecule has 0 saturated heterocycles. The molecule has 3 aromatic carbocycles. The van der Waals surface area contributed by atoms with E-state index in [1.807, 2.05) is 43.3 Å². The number of hydrogen-bond donors (Lipinski definition) is 1. The van der Waals surface area contributed by atoms with Gasteiger partial charge in [0.2, 0.25) is 21.8 Å². The Morgan fingerprint density at radius 1 is 0.929 bits per heavy atom. The largest absolute Gasteiger partial charge is 0.352 e. The van der Waals surface area contributed by atoms with Crippen LogP contribution in [-0.2, 0) is 32.6 Å². The van der Waals surface area contributed by atoms with Crippen molar-refractivity contribution in [3.8, 4) is 0 Å². The normalized spacial score (nSPS) is 14.7. The molecule has 0 bridgehead atoms. The van der Waals surface area contributed by atoms with Gasteiger partial charge in [-0.15, -0.1) is 0 Å². The van der Waals surface area contributed by atoms with Crippen LogP contribution in [0.4, 0.5) is 10.1 Å². The van der Waals surface area contributed by atoms with E-state index in [1.165, 1.54) is 11.0 Å². The van der Waals surface area contributed by atoms with Gasteiger partial charge in [0, 0.05) is 24.6 Å². The molecular formula is C33H40FN3O4S. The fourth-order valence-electron chi connectivity index (χ4n) is 5.51. The minimum absolute atomic E-state index is 0.00241. The summed E-state index contributed by atoms with van der Waals surface area (Å²) >= 11 is 0. The molecule has 42 heavy (non-hydrogen) atoms. The monoisotopic (exact) mass is 593 g/mol. The SMILES string of the molecule is Cc1cccc(N(CC(=O)N(Cc2ccccc2F)C(Cc2ccccc2)C(=O)NC2CCCCC2)S(C)(=O)=O)c1C. The van der Waals surface area contributed by atoms with Crippen LogP contribution >= 0.6 is 0 Å². The molecule has 2 amide bonds. The van der Waals surface area contributed by atoms with Crippen molar-refractivity contribution in [1.29, 1.82) is 0 Å². The van der Waals surface area contributed by atoms with E-state index in [4.69, 9.17) is 0 Å². The predicted octanol–water partition coefficient (Wildman–Crippen LogP) is 5.30. The third kappa shape index (κ3) is 7.97. The van der Waals surface area contributed by atoms with Crippen molar-refractivity contribution in [3.05, 3.63) is 101 Å². The maximum atomic E-state index is 14.9. The Morgan fingerprint density at radius 2 is 1.60 bits per heavy atom. The van der Waals surface area contributed by atoms with Crippen LogP contribution in [-0.4, -0.2) is 50.0 Å². The molecule has 224 valence electrons. The van der Waals surface area contributed by atoms with Gasteiger partial charge in [-0.1, -0.05) is 79.9 Å². The van der Waals surface area contributed by atoms with Crippen LogP contribution in [0.1, 0.15) is 54.4 Å². The van der Waals surface area contributed by atoms with Gasteiger partial charge in [0.05, 0.1) is 11.9 Å². The highest BCUT2D eigenvalue weighted by Gasteiger charge is 2.34. The summed E-state index contributed by atoms with van der Waals surface area (Å²) < 4.78 is 42.1. The lowest BCUT2D eigenvalue weighted by molar-refractivity contribution is -0.140. The summed E-state index contributed by atoms with van der Waals surface area (Å²) in [5, 5.41) is 3.15. The van der Waals surface area contributed by atoms with E-state index in [0.29, 0.717) is 5.69 Å². The number of nitrogens with zero attached hydrogens (tertiary/aromatic N) is 2. The first-order valence-corrected chi connectivity index (χ1v) is 16.3. The standard InChI is InChI=1S/C33H40FN3O4S/c1-24-13-12-20-30(25(24)2)37(42(3,40)41)23-32(38)36(22-27-16-10-11-19-29(27)34)31(21-26-14-6-4-7-15-26)33(39)35-28-17-8-5-9-18-28/h4,6-7,10-16,19-20,28,31H,5,8-9,17-18,21-23H2,1-3H3,(H,35,39). The zero-order chi connectivity index (χ0) is 30.3. The van der Waals surface area contributed by atoms with E-state index in [1.54, 1.807) is 37.3 Å². The van der Waals surface area contributed by atoms with E-state index in [-0.39, 0.29) is 30.5 Å². The molecular weight excluding hydrogens is 553 g/mol. The van der Waals surface area contributed by atoms with Crippen LogP contribution in [0.2, 0.25) is 0 Å². The number of halogens is 1. The maximum Gasteiger partial charge on any atom is 0.244 e. The van der Waals surface area contributed by atoms with Gasteiger partial charge in [-0.3, -0.25) is 13.9 Å². The second-order valence-electron chi connectivity index (χ2n) is 11.2. The number of hydrogen-bond acceptors (Lipinski definition) is 4. The van der Waals surface area contributed by atoms with Gasteiger partial charge in [-0.2, -0.15) is 0 Å². The zero-order valence-electron chi connectivity index (χ0n) is 24.6. The Bertz CT molecular complexity index is 1490. The first kappa shape index (κ1) is 31.2. The number of carbonyl (C=O) groups excluding carboxylic acids is 2. The average molecular weight is 594 g/mol. The van der Waals surface area contributed by atoms with Gasteiger partial charge >= 0.3 is 0 Å². The fraction of sp³-hybridized carbons (Fsp3) is 0.394. The molecule has 1 saturated carbocycles. The molecule has 1 N–H and O–H groups in total. The molecule has 1 aliphatic rings. The minimum atomic E-state index is -3.88. The molecule has 1 atom stereocenters. The summed E-state index contributed by atoms with van der Waals surface area (Å²) in [6.45, 7) is 2.96. The molecule has 3 aromatic rings. The molecule has 1 unspecified atom stereocenters. The lowest BCUT2D eigenvalue weighted by Gasteiger charge is -2.35. The number of sulfonamides is 1. The van der Waals surface area contributed by atoms with Crippen molar-refractivity contribution in [2.75, 3.05) is 17.1 Å². The van der Waals surface area contributed by atoms with Crippen molar-refractivity contribution in [2.24, 2.45) is 0 Å². The maximum absolute atomic E-state index is 14.9. The summed E-state index contributed by atoms with van der Waals surface area (Å²) in [4.78, 5) is 29.5. The lowest BCUT2D eigenvalue weighted by Crippen LogP contribution is -2.55. The summed E-state index contributed by atoms with van der Waals surface area (Å²) in [7, 11) is -3.88. The number of aryl methyl sites for hydroxylation is 1. The summed E-state index contributed by atoms with van der Waals surface area (Å²) in [6, 6.07) is 19.8. The van der Waals surface area contributed by atoms with Gasteiger partial charge in [0.15, 0.2) is 0 Å². The second kappa shape index (κ2) is 14.0. The topological polar surface area (TPSA) is 86.8 Å². The number of carbonyl (C=O) groups is 2. The third-order valence-electron chi connectivity index (χ3n) is 8.05. The van der Waals surface area contributed by atoms with Crippen molar-refractivity contribution in [2.45, 2.75) is 71.0 Å². The molecule has 4 rings (SSSR count). The van der Waals surface area contributed by atoms with Crippen LogP contribution < -0.4 is 9.62 Å². The quantitative estimate of drug-likeness (QED) is 0.327. The van der Waals surface area contributed by atoms with Crippen molar-refractivity contribution >= 4 is 27.5 Å². The first-order chi connectivity index (χ1) is 20.0. The van der Waals surface area contributed by atoms with Crippen LogP contribution in [0.3, 0.4) is 0 Å². The third-order valence-corrected chi connectivity index (χ3v) is 9.17. The Balaban J connectivity index is 1.75. The smallest absolute Gasteiger partial charge is 0.244 e. The van der Waals surface area contributed by atoms with E-state index in [9.17, 15) is 22.4 Å². The van der Waals surface area contributed by atoms with Gasteiger partial charge in [0.1, 0.15) is 18.4 Å². The number of amides is 2. The minimum Gasteiger partial charge on any atom is -0.352 e. The Hall–Kier alpha value is -3.72. The van der Waals surface area contributed by atoms with Crippen LogP contribution in [0.25, 0.3) is 0 Å². The van der Waals surface area contributed by atoms with E-state index in [2.05, 4.69) is 5.32 Å². The highest BCUT2D eigenvalue weighted by Crippen LogP contribution is 2.26. The molecule has 1 fully saturated rings. The van der Waals surface area contributed by atoms with Gasteiger partial charge < -0.3 is 10.2 Å². The van der Waals surface area contributed by atoms with Gasteiger partial charge in [-0.25, -0.2) is 12.8 Å². The molecule has 0 heterocycles. The molecule has 0 spiro atoms. The van der Waals surface area contributed by atoms with E-state index >= 15 is 0 Å². The van der Waals surface area contributed by atoms with Crippen LogP contribution in [0, 0.1) is 19.7 Å². The van der Waals surface area contributed by atoms with Gasteiger partial charge in [-0.05, 0) is 55.5 Å². The van der Waals surface area contributed by atoms with E-state index in [0.717, 1.165) is 59.4 Å². The molecule has 1 aliphatic carbocycles. The summed E-state index contributed by atoms with van der Waals surface area (Å²) in [5.41, 5.74) is 3.08. The van der Waals surface area contributed by atoms with Crippen LogP contribution in [0.15, 0.2) is 72.8 Å². The number of rotatable bonds is 11. The highest BCUT2D eigenvalue weighted by molar-refractivity contribution is 7.92. The molecule has 7 nitrogen and oxygen atoms in total. The fourth-order valence-corrected chi connectivity index (χ4v) is 6.41. The number of benzene rings is 3. The van der Waals surface area contributed by atoms with Crippen LogP contribution in [0.5, 0.6) is 0 Å². The van der Waals surface area contributed by atoms with Crippen molar-refractivity contribution in [3.63, 3.8) is 0 Å². The summed E-state index contributed by atoms with van der Waals surface area (Å²) in [5.74, 6) is -1.42. The summed E-state index contributed by atoms with van der Waals surface area (Å²) in [6.07, 6.45) is 6.13.